The van der Waals surface area contributed by atoms with Gasteiger partial charge in [0, 0.05) is 16.6 Å². The van der Waals surface area contributed by atoms with Crippen molar-refractivity contribution in [3.63, 3.8) is 0 Å². The summed E-state index contributed by atoms with van der Waals surface area (Å²) in [7, 11) is 0. The predicted octanol–water partition coefficient (Wildman–Crippen LogP) is 3.31. The SMILES string of the molecule is [O-]C(=Nc1c[n+](Cc2csc(Br)c2)no1)Nc1cccc(C(F)(F)F)c1. The Morgan fingerprint density at radius 2 is 2.19 bits per heavy atom. The zero-order chi connectivity index (χ0) is 18.7. The highest BCUT2D eigenvalue weighted by Gasteiger charge is 2.30. The van der Waals surface area contributed by atoms with Crippen LogP contribution in [0.15, 0.2) is 55.2 Å². The topological polar surface area (TPSA) is 77.4 Å². The number of hydrogen-bond donors (Lipinski definition) is 1. The van der Waals surface area contributed by atoms with Crippen LogP contribution in [0.1, 0.15) is 11.1 Å². The molecule has 0 fully saturated rings. The summed E-state index contributed by atoms with van der Waals surface area (Å²) in [6, 6.07) is 5.31. The molecule has 3 aromatic rings. The van der Waals surface area contributed by atoms with Crippen LogP contribution in [0, 0.1) is 0 Å². The summed E-state index contributed by atoms with van der Waals surface area (Å²) in [5, 5.41) is 19.8. The first-order valence-electron chi connectivity index (χ1n) is 7.09. The van der Waals surface area contributed by atoms with Crippen LogP contribution in [0.3, 0.4) is 0 Å². The fourth-order valence-electron chi connectivity index (χ4n) is 2.03. The maximum Gasteiger partial charge on any atom is 0.416 e. The van der Waals surface area contributed by atoms with Crippen molar-refractivity contribution in [2.45, 2.75) is 12.7 Å². The van der Waals surface area contributed by atoms with E-state index in [1.165, 1.54) is 34.3 Å². The quantitative estimate of drug-likeness (QED) is 0.378. The van der Waals surface area contributed by atoms with E-state index in [0.717, 1.165) is 21.5 Å². The molecular weight excluding hydrogens is 437 g/mol. The van der Waals surface area contributed by atoms with Crippen molar-refractivity contribution < 1.29 is 27.5 Å². The van der Waals surface area contributed by atoms with Crippen molar-refractivity contribution >= 4 is 44.9 Å². The molecule has 3 rings (SSSR count). The van der Waals surface area contributed by atoms with Gasteiger partial charge in [0.2, 0.25) is 11.8 Å². The molecule has 0 saturated carbocycles. The van der Waals surface area contributed by atoms with Crippen molar-refractivity contribution in [1.29, 1.82) is 0 Å². The van der Waals surface area contributed by atoms with Gasteiger partial charge in [-0.25, -0.2) is 4.99 Å². The fraction of sp³-hybridized carbons (Fsp3) is 0.133. The van der Waals surface area contributed by atoms with Crippen LogP contribution in [0.25, 0.3) is 0 Å². The lowest BCUT2D eigenvalue weighted by atomic mass is 10.2. The van der Waals surface area contributed by atoms with Crippen molar-refractivity contribution in [2.24, 2.45) is 4.99 Å². The lowest BCUT2D eigenvalue weighted by Crippen LogP contribution is -2.34. The van der Waals surface area contributed by atoms with Gasteiger partial charge in [-0.05, 0) is 44.9 Å². The number of alkyl halides is 3. The third kappa shape index (κ3) is 4.82. The largest absolute Gasteiger partial charge is 0.846 e. The first-order valence-corrected chi connectivity index (χ1v) is 8.76. The van der Waals surface area contributed by atoms with E-state index >= 15 is 0 Å². The number of halogens is 4. The van der Waals surface area contributed by atoms with Crippen LogP contribution in [0.2, 0.25) is 0 Å². The molecule has 0 aliphatic carbocycles. The molecule has 1 N–H and O–H groups in total. The van der Waals surface area contributed by atoms with E-state index in [0.29, 0.717) is 6.54 Å². The third-order valence-electron chi connectivity index (χ3n) is 3.12. The zero-order valence-electron chi connectivity index (χ0n) is 12.8. The summed E-state index contributed by atoms with van der Waals surface area (Å²) >= 11 is 4.88. The second kappa shape index (κ2) is 7.46. The highest BCUT2D eigenvalue weighted by molar-refractivity contribution is 9.11. The number of amidine groups is 1. The van der Waals surface area contributed by atoms with E-state index in [1.54, 1.807) is 0 Å². The highest BCUT2D eigenvalue weighted by Crippen LogP contribution is 2.30. The number of nitrogens with zero attached hydrogens (tertiary/aromatic N) is 3. The minimum Gasteiger partial charge on any atom is -0.846 e. The molecular formula is C15H10BrF3N4O2S. The number of hydrogen-bond acceptors (Lipinski definition) is 5. The Bertz CT molecular complexity index is 939. The molecule has 0 radical (unpaired) electrons. The Morgan fingerprint density at radius 1 is 1.38 bits per heavy atom. The summed E-state index contributed by atoms with van der Waals surface area (Å²) in [4.78, 5) is 3.63. The Hall–Kier alpha value is -2.40. The molecule has 0 aliphatic rings. The van der Waals surface area contributed by atoms with E-state index in [1.807, 2.05) is 11.4 Å². The molecule has 11 heteroatoms. The van der Waals surface area contributed by atoms with Gasteiger partial charge in [0.1, 0.15) is 0 Å². The van der Waals surface area contributed by atoms with E-state index < -0.39 is 17.8 Å². The molecule has 26 heavy (non-hydrogen) atoms. The number of aliphatic imine (C=N–C) groups is 1. The molecule has 0 aliphatic heterocycles. The lowest BCUT2D eigenvalue weighted by Gasteiger charge is -2.14. The number of benzene rings is 1. The summed E-state index contributed by atoms with van der Waals surface area (Å²) < 4.78 is 45.4. The van der Waals surface area contributed by atoms with Crippen molar-refractivity contribution in [2.75, 3.05) is 5.32 Å². The maximum absolute atomic E-state index is 12.7. The number of nitrogens with one attached hydrogen (secondary N) is 1. The Labute approximate surface area is 157 Å². The Kier molecular flexibility index (Phi) is 5.28. The summed E-state index contributed by atoms with van der Waals surface area (Å²) in [6.07, 6.45) is -3.08. The number of rotatable bonds is 4. The fourth-order valence-corrected chi connectivity index (χ4v) is 3.23. The van der Waals surface area contributed by atoms with Gasteiger partial charge in [0.05, 0.1) is 15.4 Å². The van der Waals surface area contributed by atoms with E-state index in [-0.39, 0.29) is 11.6 Å². The minimum atomic E-state index is -4.50. The summed E-state index contributed by atoms with van der Waals surface area (Å²) in [6.45, 7) is 0.427. The molecule has 0 unspecified atom stereocenters. The zero-order valence-corrected chi connectivity index (χ0v) is 15.2. The van der Waals surface area contributed by atoms with Gasteiger partial charge in [0.15, 0.2) is 0 Å². The molecule has 6 nitrogen and oxygen atoms in total. The van der Waals surface area contributed by atoms with Gasteiger partial charge in [-0.1, -0.05) is 6.07 Å². The summed E-state index contributed by atoms with van der Waals surface area (Å²) in [5.41, 5.74) is 0.0963. The van der Waals surface area contributed by atoms with Crippen LogP contribution < -0.4 is 15.1 Å². The Balaban J connectivity index is 1.68. The van der Waals surface area contributed by atoms with Crippen LogP contribution in [0.5, 0.6) is 0 Å². The molecule has 2 aromatic heterocycles. The average Bonchev–Trinajstić information content (AvgIpc) is 3.16. The van der Waals surface area contributed by atoms with Crippen LogP contribution in [0.4, 0.5) is 24.7 Å². The van der Waals surface area contributed by atoms with Gasteiger partial charge in [0.25, 0.3) is 6.20 Å². The van der Waals surface area contributed by atoms with Crippen molar-refractivity contribution in [1.82, 2.24) is 5.27 Å². The second-order valence-corrected chi connectivity index (χ2v) is 7.41. The first-order chi connectivity index (χ1) is 12.3. The number of aromatic nitrogens is 2. The molecule has 136 valence electrons. The number of anilines is 1. The smallest absolute Gasteiger partial charge is 0.416 e. The first kappa shape index (κ1) is 18.4. The van der Waals surface area contributed by atoms with Gasteiger partial charge < -0.3 is 10.4 Å². The molecule has 1 aromatic carbocycles. The maximum atomic E-state index is 12.7. The highest BCUT2D eigenvalue weighted by atomic mass is 79.9. The Morgan fingerprint density at radius 3 is 2.88 bits per heavy atom. The molecule has 0 amide bonds. The summed E-state index contributed by atoms with van der Waals surface area (Å²) in [5.74, 6) is -0.0660. The van der Waals surface area contributed by atoms with E-state index in [9.17, 15) is 18.3 Å². The van der Waals surface area contributed by atoms with E-state index in [4.69, 9.17) is 4.52 Å². The monoisotopic (exact) mass is 446 g/mol. The van der Waals surface area contributed by atoms with Crippen molar-refractivity contribution in [3.05, 3.63) is 56.8 Å². The minimum absolute atomic E-state index is 0.0240. The molecule has 2 heterocycles. The molecule has 0 atom stereocenters. The van der Waals surface area contributed by atoms with Crippen LogP contribution >= 0.6 is 27.3 Å². The molecule has 0 spiro atoms. The average molecular weight is 447 g/mol. The van der Waals surface area contributed by atoms with Gasteiger partial charge in [-0.15, -0.1) is 11.3 Å². The number of thiophene rings is 1. The molecule has 0 bridgehead atoms. The van der Waals surface area contributed by atoms with Crippen LogP contribution in [-0.4, -0.2) is 11.3 Å². The van der Waals surface area contributed by atoms with Gasteiger partial charge in [-0.3, -0.25) is 4.52 Å². The van der Waals surface area contributed by atoms with Crippen LogP contribution in [-0.2, 0) is 12.7 Å². The van der Waals surface area contributed by atoms with E-state index in [2.05, 4.69) is 31.5 Å². The lowest BCUT2D eigenvalue weighted by molar-refractivity contribution is -0.754. The van der Waals surface area contributed by atoms with Gasteiger partial charge >= 0.3 is 12.1 Å². The normalized spacial score (nSPS) is 12.4. The molecule has 0 saturated heterocycles. The van der Waals surface area contributed by atoms with Gasteiger partial charge in [-0.2, -0.15) is 13.2 Å². The standard InChI is InChI=1S/C15H10BrF3N4O2S/c16-12-4-9(8-26-12)6-23-7-13(25-22-23)21-14(24)20-11-3-1-2-10(5-11)15(17,18)19/h1-5,7-8H,6H2,(H-,20,21,22,24). The second-order valence-electron chi connectivity index (χ2n) is 5.12. The van der Waals surface area contributed by atoms with Crippen molar-refractivity contribution in [3.8, 4) is 0 Å². The predicted molar refractivity (Wildman–Crippen MR) is 90.0 cm³/mol. The third-order valence-corrected chi connectivity index (χ3v) is 4.67.